The van der Waals surface area contributed by atoms with E-state index in [1.54, 1.807) is 0 Å². The number of nitrogens with two attached hydrogens (primary N) is 1. The Balaban J connectivity index is 2.41. The van der Waals surface area contributed by atoms with Crippen LogP contribution in [0.2, 0.25) is 0 Å². The molecule has 0 spiro atoms. The van der Waals surface area contributed by atoms with Crippen LogP contribution in [0.3, 0.4) is 0 Å². The first-order valence-electron chi connectivity index (χ1n) is 6.30. The maximum atomic E-state index is 11.8. The molecule has 0 saturated carbocycles. The Bertz CT molecular complexity index is 378. The van der Waals surface area contributed by atoms with Gasteiger partial charge in [0.25, 0.3) is 5.91 Å². The second kappa shape index (κ2) is 8.02. The van der Waals surface area contributed by atoms with Crippen LogP contribution in [0.15, 0.2) is 0 Å². The molecule has 1 aromatic rings. The lowest BCUT2D eigenvalue weighted by molar-refractivity contribution is 0.0949. The number of carbonyl (C=O) groups excluding carboxylic acids is 1. The topological polar surface area (TPSA) is 83.8 Å². The molecule has 1 rings (SSSR count). The minimum absolute atomic E-state index is 0.185. The van der Waals surface area contributed by atoms with Gasteiger partial charge in [-0.15, -0.1) is 0 Å². The summed E-state index contributed by atoms with van der Waals surface area (Å²) >= 11 is 1.82. The van der Waals surface area contributed by atoms with Crippen LogP contribution in [0, 0.1) is 0 Å². The first-order valence-corrected chi connectivity index (χ1v) is 7.69. The fourth-order valence-corrected chi connectivity index (χ4v) is 2.15. The fraction of sp³-hybridized carbons (Fsp3) is 0.667. The summed E-state index contributed by atoms with van der Waals surface area (Å²) in [6, 6.07) is 0. The molecular weight excluding hydrogens is 248 g/mol. The van der Waals surface area contributed by atoms with Crippen molar-refractivity contribution < 1.29 is 4.79 Å². The van der Waals surface area contributed by atoms with Gasteiger partial charge in [-0.2, -0.15) is 16.9 Å². The van der Waals surface area contributed by atoms with Crippen LogP contribution in [0.5, 0.6) is 0 Å². The van der Waals surface area contributed by atoms with Gasteiger partial charge in [0.1, 0.15) is 0 Å². The molecule has 5 nitrogen and oxygen atoms in total. The maximum absolute atomic E-state index is 11.8. The number of nitrogen functional groups attached to an aromatic ring is 1. The average Bonchev–Trinajstić information content (AvgIpc) is 2.71. The van der Waals surface area contributed by atoms with E-state index in [4.69, 9.17) is 5.73 Å². The van der Waals surface area contributed by atoms with E-state index < -0.39 is 0 Å². The summed E-state index contributed by atoms with van der Waals surface area (Å²) in [5, 5.41) is 9.65. The van der Waals surface area contributed by atoms with E-state index in [9.17, 15) is 4.79 Å². The first-order chi connectivity index (χ1) is 8.70. The zero-order valence-corrected chi connectivity index (χ0v) is 11.9. The zero-order valence-electron chi connectivity index (χ0n) is 11.1. The molecule has 1 amide bonds. The predicted molar refractivity (Wildman–Crippen MR) is 76.9 cm³/mol. The smallest absolute Gasteiger partial charge is 0.273 e. The first kappa shape index (κ1) is 14.9. The number of hydrogen-bond acceptors (Lipinski definition) is 4. The van der Waals surface area contributed by atoms with Crippen LogP contribution in [0.25, 0.3) is 0 Å². The number of aryl methyl sites for hydroxylation is 1. The molecular formula is C12H22N4OS. The third kappa shape index (κ3) is 4.25. The summed E-state index contributed by atoms with van der Waals surface area (Å²) in [5.41, 5.74) is 7.54. The number of nitrogens with zero attached hydrogens (tertiary/aromatic N) is 1. The van der Waals surface area contributed by atoms with Crippen molar-refractivity contribution in [3.8, 4) is 0 Å². The molecule has 4 N–H and O–H groups in total. The van der Waals surface area contributed by atoms with Gasteiger partial charge < -0.3 is 11.1 Å². The zero-order chi connectivity index (χ0) is 13.4. The van der Waals surface area contributed by atoms with E-state index in [0.717, 1.165) is 37.1 Å². The molecule has 0 unspecified atom stereocenters. The highest BCUT2D eigenvalue weighted by molar-refractivity contribution is 7.98. The number of rotatable bonds is 8. The Morgan fingerprint density at radius 2 is 2.28 bits per heavy atom. The second-order valence-electron chi connectivity index (χ2n) is 4.17. The molecule has 0 bridgehead atoms. The summed E-state index contributed by atoms with van der Waals surface area (Å²) in [7, 11) is 0. The monoisotopic (exact) mass is 270 g/mol. The molecule has 0 aliphatic carbocycles. The third-order valence-electron chi connectivity index (χ3n) is 2.66. The molecule has 0 aromatic carbocycles. The number of anilines is 1. The molecule has 0 aliphatic rings. The van der Waals surface area contributed by atoms with Crippen LogP contribution < -0.4 is 11.1 Å². The third-order valence-corrected chi connectivity index (χ3v) is 3.36. The minimum Gasteiger partial charge on any atom is -0.395 e. The van der Waals surface area contributed by atoms with Crippen molar-refractivity contribution in [3.63, 3.8) is 0 Å². The van der Waals surface area contributed by atoms with Crippen LogP contribution in [0.1, 0.15) is 42.4 Å². The van der Waals surface area contributed by atoms with E-state index in [-0.39, 0.29) is 5.91 Å². The molecule has 6 heteroatoms. The molecule has 102 valence electrons. The molecule has 0 saturated heterocycles. The van der Waals surface area contributed by atoms with Crippen molar-refractivity contribution in [1.82, 2.24) is 15.5 Å². The van der Waals surface area contributed by atoms with Crippen molar-refractivity contribution in [2.75, 3.05) is 24.3 Å². The van der Waals surface area contributed by atoms with Crippen molar-refractivity contribution in [2.24, 2.45) is 0 Å². The van der Waals surface area contributed by atoms with Crippen molar-refractivity contribution in [1.29, 1.82) is 0 Å². The Morgan fingerprint density at radius 3 is 2.94 bits per heavy atom. The molecule has 0 aliphatic heterocycles. The molecule has 0 radical (unpaired) electrons. The predicted octanol–water partition coefficient (Wildman–Crippen LogP) is 1.82. The normalized spacial score (nSPS) is 10.6. The van der Waals surface area contributed by atoms with E-state index in [2.05, 4.69) is 28.7 Å². The number of hydrogen-bond donors (Lipinski definition) is 3. The summed E-state index contributed by atoms with van der Waals surface area (Å²) in [4.78, 5) is 11.8. The van der Waals surface area contributed by atoms with Crippen LogP contribution in [-0.4, -0.2) is 34.7 Å². The Morgan fingerprint density at radius 1 is 1.50 bits per heavy atom. The largest absolute Gasteiger partial charge is 0.395 e. The summed E-state index contributed by atoms with van der Waals surface area (Å²) in [5.74, 6) is 0.941. The Hall–Kier alpha value is -1.17. The van der Waals surface area contributed by atoms with Crippen molar-refractivity contribution >= 4 is 23.4 Å². The lowest BCUT2D eigenvalue weighted by Crippen LogP contribution is -2.25. The summed E-state index contributed by atoms with van der Waals surface area (Å²) in [6.07, 6.45) is 5.97. The minimum atomic E-state index is -0.185. The highest BCUT2D eigenvalue weighted by atomic mass is 32.2. The molecule has 1 heterocycles. The second-order valence-corrected chi connectivity index (χ2v) is 5.16. The van der Waals surface area contributed by atoms with E-state index in [0.29, 0.717) is 17.9 Å². The van der Waals surface area contributed by atoms with Gasteiger partial charge in [0, 0.05) is 6.54 Å². The molecule has 18 heavy (non-hydrogen) atoms. The van der Waals surface area contributed by atoms with Crippen LogP contribution >= 0.6 is 11.8 Å². The molecule has 0 atom stereocenters. The van der Waals surface area contributed by atoms with Crippen molar-refractivity contribution in [2.45, 2.75) is 32.6 Å². The number of aromatic nitrogens is 2. The fourth-order valence-electron chi connectivity index (χ4n) is 1.66. The van der Waals surface area contributed by atoms with E-state index in [1.165, 1.54) is 0 Å². The number of thioether (sulfide) groups is 1. The van der Waals surface area contributed by atoms with Crippen LogP contribution in [0.4, 0.5) is 5.69 Å². The van der Waals surface area contributed by atoms with Gasteiger partial charge in [0.2, 0.25) is 0 Å². The molecule has 1 aromatic heterocycles. The average molecular weight is 270 g/mol. The number of unbranched alkanes of at least 4 members (excludes halogenated alkanes) is 1. The summed E-state index contributed by atoms with van der Waals surface area (Å²) in [6.45, 7) is 2.74. The Kier molecular flexibility index (Phi) is 6.64. The van der Waals surface area contributed by atoms with Crippen LogP contribution in [-0.2, 0) is 6.42 Å². The number of amides is 1. The lowest BCUT2D eigenvalue weighted by atomic mass is 10.2. The van der Waals surface area contributed by atoms with E-state index >= 15 is 0 Å². The number of aromatic amines is 1. The van der Waals surface area contributed by atoms with Gasteiger partial charge in [-0.05, 0) is 31.3 Å². The van der Waals surface area contributed by atoms with Gasteiger partial charge >= 0.3 is 0 Å². The number of carbonyl (C=O) groups is 1. The van der Waals surface area contributed by atoms with Gasteiger partial charge in [-0.1, -0.05) is 13.3 Å². The van der Waals surface area contributed by atoms with Gasteiger partial charge in [0.15, 0.2) is 5.69 Å². The number of nitrogens with one attached hydrogen (secondary N) is 2. The molecule has 0 fully saturated rings. The van der Waals surface area contributed by atoms with Crippen molar-refractivity contribution in [3.05, 3.63) is 11.4 Å². The lowest BCUT2D eigenvalue weighted by Gasteiger charge is -2.03. The standard InChI is InChI=1S/C12H22N4OS/c1-3-6-9-10(13)11(16-15-9)12(17)14-7-4-5-8-18-2/h3-8,13H2,1-2H3,(H,14,17)(H,15,16). The van der Waals surface area contributed by atoms with Gasteiger partial charge in [0.05, 0.1) is 11.4 Å². The highest BCUT2D eigenvalue weighted by Gasteiger charge is 2.15. The number of H-pyrrole nitrogens is 1. The SMILES string of the molecule is CCCc1[nH]nc(C(=O)NCCCCSC)c1N. The van der Waals surface area contributed by atoms with E-state index in [1.807, 2.05) is 11.8 Å². The van der Waals surface area contributed by atoms with Gasteiger partial charge in [-0.3, -0.25) is 9.89 Å². The highest BCUT2D eigenvalue weighted by Crippen LogP contribution is 2.15. The maximum Gasteiger partial charge on any atom is 0.273 e. The Labute approximate surface area is 112 Å². The van der Waals surface area contributed by atoms with Gasteiger partial charge in [-0.25, -0.2) is 0 Å². The summed E-state index contributed by atoms with van der Waals surface area (Å²) < 4.78 is 0. The quantitative estimate of drug-likeness (QED) is 0.629.